The predicted octanol–water partition coefficient (Wildman–Crippen LogP) is 2.13. The van der Waals surface area contributed by atoms with Crippen molar-refractivity contribution in [2.24, 2.45) is 0 Å². The minimum atomic E-state index is -1.11. The fourth-order valence-corrected chi connectivity index (χ4v) is 4.25. The van der Waals surface area contributed by atoms with Crippen molar-refractivity contribution in [1.82, 2.24) is 15.1 Å². The fourth-order valence-electron chi connectivity index (χ4n) is 4.06. The van der Waals surface area contributed by atoms with E-state index in [1.54, 1.807) is 24.3 Å². The first-order valence-electron chi connectivity index (χ1n) is 9.82. The van der Waals surface area contributed by atoms with Crippen LogP contribution in [0.2, 0.25) is 5.02 Å². The van der Waals surface area contributed by atoms with Crippen LogP contribution in [0.3, 0.4) is 0 Å². The molecular weight excluding hydrogens is 420 g/mol. The van der Waals surface area contributed by atoms with Gasteiger partial charge in [-0.3, -0.25) is 19.3 Å². The zero-order valence-electron chi connectivity index (χ0n) is 16.9. The Balaban J connectivity index is 1.40. The number of carbonyl (C=O) groups excluding carboxylic acids is 4. The number of fused-ring (bicyclic) bond motifs is 2. The van der Waals surface area contributed by atoms with Gasteiger partial charge in [-0.25, -0.2) is 4.79 Å². The van der Waals surface area contributed by atoms with Crippen molar-refractivity contribution in [3.8, 4) is 0 Å². The summed E-state index contributed by atoms with van der Waals surface area (Å²) in [6.45, 7) is -0.668. The van der Waals surface area contributed by atoms with Gasteiger partial charge in [0, 0.05) is 17.8 Å². The second-order valence-corrected chi connectivity index (χ2v) is 8.13. The first kappa shape index (κ1) is 20.9. The van der Waals surface area contributed by atoms with Gasteiger partial charge in [0.25, 0.3) is 5.91 Å². The van der Waals surface area contributed by atoms with Crippen molar-refractivity contribution >= 4 is 41.0 Å². The Hall–Kier alpha value is -3.39. The van der Waals surface area contributed by atoms with E-state index in [0.717, 1.165) is 16.0 Å². The van der Waals surface area contributed by atoms with Gasteiger partial charge < -0.3 is 15.5 Å². The van der Waals surface area contributed by atoms with Crippen molar-refractivity contribution in [3.63, 3.8) is 0 Å². The molecule has 2 aliphatic rings. The highest BCUT2D eigenvalue weighted by Crippen LogP contribution is 2.41. The Morgan fingerprint density at radius 1 is 1.19 bits per heavy atom. The van der Waals surface area contributed by atoms with E-state index in [2.05, 4.69) is 10.6 Å². The quantitative estimate of drug-likeness (QED) is 0.696. The molecule has 1 fully saturated rings. The minimum absolute atomic E-state index is 0.233. The number of carbonyl (C=O) groups is 4. The van der Waals surface area contributed by atoms with Crippen LogP contribution in [0.25, 0.3) is 0 Å². The average Bonchev–Trinajstić information content (AvgIpc) is 3.21. The van der Waals surface area contributed by atoms with Gasteiger partial charge in [0.2, 0.25) is 11.8 Å². The van der Waals surface area contributed by atoms with Crippen LogP contribution in [0, 0.1) is 0 Å². The van der Waals surface area contributed by atoms with E-state index >= 15 is 0 Å². The molecule has 0 bridgehead atoms. The molecule has 8 nitrogen and oxygen atoms in total. The van der Waals surface area contributed by atoms with Gasteiger partial charge in [0.15, 0.2) is 0 Å². The monoisotopic (exact) mass is 440 g/mol. The molecule has 0 radical (unpaired) electrons. The number of hydrogen-bond acceptors (Lipinski definition) is 4. The number of urea groups is 1. The SMILES string of the molecule is CN(CC(=O)Nc1cccc(Cl)c1)C(=O)CN1C(=O)NC2(CCc3ccccc32)C1=O. The van der Waals surface area contributed by atoms with Crippen LogP contribution >= 0.6 is 11.6 Å². The van der Waals surface area contributed by atoms with Crippen molar-refractivity contribution in [3.05, 3.63) is 64.7 Å². The largest absolute Gasteiger partial charge is 0.335 e. The summed E-state index contributed by atoms with van der Waals surface area (Å²) < 4.78 is 0. The summed E-state index contributed by atoms with van der Waals surface area (Å²) >= 11 is 5.90. The van der Waals surface area contributed by atoms with Crippen LogP contribution < -0.4 is 10.6 Å². The number of aryl methyl sites for hydroxylation is 1. The van der Waals surface area contributed by atoms with Crippen LogP contribution in [0.1, 0.15) is 17.5 Å². The molecule has 0 saturated carbocycles. The van der Waals surface area contributed by atoms with Gasteiger partial charge in [-0.15, -0.1) is 0 Å². The molecule has 5 amide bonds. The highest BCUT2D eigenvalue weighted by atomic mass is 35.5. The molecule has 1 heterocycles. The summed E-state index contributed by atoms with van der Waals surface area (Å²) in [5, 5.41) is 5.91. The lowest BCUT2D eigenvalue weighted by Gasteiger charge is -2.23. The van der Waals surface area contributed by atoms with Crippen LogP contribution in [-0.2, 0) is 26.3 Å². The van der Waals surface area contributed by atoms with E-state index in [1.165, 1.54) is 11.9 Å². The normalized spacial score (nSPS) is 19.4. The Kier molecular flexibility index (Phi) is 5.41. The molecule has 9 heteroatoms. The highest BCUT2D eigenvalue weighted by Gasteiger charge is 2.55. The average molecular weight is 441 g/mol. The molecule has 1 unspecified atom stereocenters. The number of amides is 5. The molecule has 0 aromatic heterocycles. The molecule has 1 atom stereocenters. The van der Waals surface area contributed by atoms with Gasteiger partial charge in [0.05, 0.1) is 6.54 Å². The van der Waals surface area contributed by atoms with Crippen LogP contribution in [0.4, 0.5) is 10.5 Å². The van der Waals surface area contributed by atoms with Crippen molar-refractivity contribution in [1.29, 1.82) is 0 Å². The Morgan fingerprint density at radius 2 is 1.97 bits per heavy atom. The van der Waals surface area contributed by atoms with Crippen molar-refractivity contribution in [2.75, 3.05) is 25.5 Å². The lowest BCUT2D eigenvalue weighted by molar-refractivity contribution is -0.139. The lowest BCUT2D eigenvalue weighted by atomic mass is 9.92. The van der Waals surface area contributed by atoms with E-state index in [9.17, 15) is 19.2 Å². The van der Waals surface area contributed by atoms with Crippen molar-refractivity contribution < 1.29 is 19.2 Å². The Labute approximate surface area is 184 Å². The molecule has 4 rings (SSSR count). The van der Waals surface area contributed by atoms with Gasteiger partial charge in [-0.05, 0) is 42.2 Å². The molecule has 2 N–H and O–H groups in total. The highest BCUT2D eigenvalue weighted by molar-refractivity contribution is 6.30. The zero-order chi connectivity index (χ0) is 22.2. The molecule has 2 aromatic rings. The van der Waals surface area contributed by atoms with Gasteiger partial charge in [0.1, 0.15) is 12.1 Å². The second kappa shape index (κ2) is 8.03. The summed E-state index contributed by atoms with van der Waals surface area (Å²) in [6.07, 6.45) is 1.13. The maximum absolute atomic E-state index is 13.1. The van der Waals surface area contributed by atoms with E-state index in [4.69, 9.17) is 11.6 Å². The van der Waals surface area contributed by atoms with Gasteiger partial charge >= 0.3 is 6.03 Å². The summed E-state index contributed by atoms with van der Waals surface area (Å²) in [5.41, 5.74) is 1.18. The number of hydrogen-bond donors (Lipinski definition) is 2. The Bertz CT molecular complexity index is 1090. The molecule has 31 heavy (non-hydrogen) atoms. The maximum Gasteiger partial charge on any atom is 0.325 e. The number of anilines is 1. The zero-order valence-corrected chi connectivity index (χ0v) is 17.6. The number of halogens is 1. The van der Waals surface area contributed by atoms with Gasteiger partial charge in [-0.1, -0.05) is 41.9 Å². The number of rotatable bonds is 5. The van der Waals surface area contributed by atoms with Crippen LogP contribution in [-0.4, -0.2) is 53.7 Å². The van der Waals surface area contributed by atoms with Crippen molar-refractivity contribution in [2.45, 2.75) is 18.4 Å². The summed E-state index contributed by atoms with van der Waals surface area (Å²) in [7, 11) is 1.44. The lowest BCUT2D eigenvalue weighted by Crippen LogP contribution is -2.45. The van der Waals surface area contributed by atoms with Gasteiger partial charge in [-0.2, -0.15) is 0 Å². The topological polar surface area (TPSA) is 98.8 Å². The molecule has 1 aliphatic carbocycles. The first-order valence-corrected chi connectivity index (χ1v) is 10.2. The minimum Gasteiger partial charge on any atom is -0.335 e. The van der Waals surface area contributed by atoms with E-state index in [1.807, 2.05) is 24.3 Å². The molecule has 160 valence electrons. The number of nitrogens with zero attached hydrogens (tertiary/aromatic N) is 2. The molecular formula is C22H21ClN4O4. The molecule has 1 saturated heterocycles. The van der Waals surface area contributed by atoms with E-state index in [0.29, 0.717) is 23.6 Å². The smallest absolute Gasteiger partial charge is 0.325 e. The third-order valence-corrected chi connectivity index (χ3v) is 5.87. The number of likely N-dealkylation sites (N-methyl/N-ethyl adjacent to an activating group) is 1. The third kappa shape index (κ3) is 3.86. The number of imide groups is 1. The summed E-state index contributed by atoms with van der Waals surface area (Å²) in [4.78, 5) is 52.6. The number of benzene rings is 2. The molecule has 1 aliphatic heterocycles. The van der Waals surface area contributed by atoms with E-state index in [-0.39, 0.29) is 6.54 Å². The number of nitrogens with one attached hydrogen (secondary N) is 2. The second-order valence-electron chi connectivity index (χ2n) is 7.69. The summed E-state index contributed by atoms with van der Waals surface area (Å²) in [6, 6.07) is 13.5. The Morgan fingerprint density at radius 3 is 2.74 bits per heavy atom. The molecule has 1 spiro atoms. The first-order chi connectivity index (χ1) is 14.8. The maximum atomic E-state index is 13.1. The predicted molar refractivity (Wildman–Crippen MR) is 114 cm³/mol. The fraction of sp³-hybridized carbons (Fsp3) is 0.273. The van der Waals surface area contributed by atoms with Crippen LogP contribution in [0.15, 0.2) is 48.5 Å². The van der Waals surface area contributed by atoms with Crippen LogP contribution in [0.5, 0.6) is 0 Å². The third-order valence-electron chi connectivity index (χ3n) is 5.63. The van der Waals surface area contributed by atoms with E-state index < -0.39 is 35.8 Å². The summed E-state index contributed by atoms with van der Waals surface area (Å²) in [5.74, 6) is -1.38. The standard InChI is InChI=1S/C22H21ClN4O4/c1-26(12-18(28)24-16-7-4-6-15(23)11-16)19(29)13-27-20(30)22(25-21(27)31)10-9-14-5-2-3-8-17(14)22/h2-8,11H,9-10,12-13H2,1H3,(H,24,28)(H,25,31). The molecule has 2 aromatic carbocycles.